The van der Waals surface area contributed by atoms with E-state index in [0.29, 0.717) is 13.1 Å². The standard InChI is InChI=1S/C14H18N2O2/c1-10-14(13(18)9-16(2)7-8-17)11-5-3-4-6-12(11)15-10/h3-6,15,17H,7-9H2,1-2H3. The molecule has 0 amide bonds. The second-order valence-electron chi connectivity index (χ2n) is 4.56. The summed E-state index contributed by atoms with van der Waals surface area (Å²) in [6.07, 6.45) is 0. The van der Waals surface area contributed by atoms with Crippen LogP contribution < -0.4 is 0 Å². The first-order valence-corrected chi connectivity index (χ1v) is 6.03. The van der Waals surface area contributed by atoms with E-state index in [4.69, 9.17) is 5.11 Å². The molecule has 96 valence electrons. The van der Waals surface area contributed by atoms with E-state index < -0.39 is 0 Å². The molecule has 0 unspecified atom stereocenters. The molecule has 4 nitrogen and oxygen atoms in total. The number of Topliss-reactive ketones (excluding diaryl/α,β-unsaturated/α-hetero) is 1. The molecule has 0 saturated carbocycles. The average molecular weight is 246 g/mol. The van der Waals surface area contributed by atoms with Crippen LogP contribution in [0.1, 0.15) is 16.1 Å². The van der Waals surface area contributed by atoms with E-state index in [1.807, 2.05) is 43.1 Å². The van der Waals surface area contributed by atoms with Gasteiger partial charge in [-0.05, 0) is 20.0 Å². The number of fused-ring (bicyclic) bond motifs is 1. The molecule has 4 heteroatoms. The number of carbonyl (C=O) groups is 1. The predicted octanol–water partition coefficient (Wildman–Crippen LogP) is 1.58. The van der Waals surface area contributed by atoms with Crippen LogP contribution in [-0.2, 0) is 0 Å². The summed E-state index contributed by atoms with van der Waals surface area (Å²) in [5.74, 6) is 0.0842. The van der Waals surface area contributed by atoms with Gasteiger partial charge < -0.3 is 10.1 Å². The molecule has 1 aromatic heterocycles. The number of hydrogen-bond acceptors (Lipinski definition) is 3. The van der Waals surface area contributed by atoms with Crippen molar-refractivity contribution >= 4 is 16.7 Å². The van der Waals surface area contributed by atoms with Crippen LogP contribution in [0.2, 0.25) is 0 Å². The van der Waals surface area contributed by atoms with E-state index in [0.717, 1.165) is 22.2 Å². The molecule has 0 aliphatic rings. The molecular formula is C14H18N2O2. The summed E-state index contributed by atoms with van der Waals surface area (Å²) < 4.78 is 0. The highest BCUT2D eigenvalue weighted by Crippen LogP contribution is 2.22. The molecule has 0 bridgehead atoms. The number of nitrogens with one attached hydrogen (secondary N) is 1. The normalized spacial score (nSPS) is 11.3. The van der Waals surface area contributed by atoms with E-state index in [9.17, 15) is 4.79 Å². The van der Waals surface area contributed by atoms with E-state index in [1.165, 1.54) is 0 Å². The lowest BCUT2D eigenvalue weighted by Gasteiger charge is -2.13. The van der Waals surface area contributed by atoms with Crippen molar-refractivity contribution in [3.8, 4) is 0 Å². The highest BCUT2D eigenvalue weighted by atomic mass is 16.3. The summed E-state index contributed by atoms with van der Waals surface area (Å²) in [6, 6.07) is 7.81. The van der Waals surface area contributed by atoms with Crippen LogP contribution in [0.25, 0.3) is 10.9 Å². The van der Waals surface area contributed by atoms with Crippen LogP contribution in [0, 0.1) is 6.92 Å². The van der Waals surface area contributed by atoms with Gasteiger partial charge in [0.25, 0.3) is 0 Å². The fraction of sp³-hybridized carbons (Fsp3) is 0.357. The van der Waals surface area contributed by atoms with Crippen LogP contribution in [0.3, 0.4) is 0 Å². The van der Waals surface area contributed by atoms with E-state index >= 15 is 0 Å². The number of aliphatic hydroxyl groups is 1. The highest BCUT2D eigenvalue weighted by molar-refractivity contribution is 6.10. The molecule has 0 atom stereocenters. The average Bonchev–Trinajstić information content (AvgIpc) is 2.64. The fourth-order valence-corrected chi connectivity index (χ4v) is 2.21. The Bertz CT molecular complexity index is 560. The van der Waals surface area contributed by atoms with E-state index in [2.05, 4.69) is 4.98 Å². The number of aromatic nitrogens is 1. The van der Waals surface area contributed by atoms with Gasteiger partial charge in [-0.15, -0.1) is 0 Å². The summed E-state index contributed by atoms with van der Waals surface area (Å²) in [5.41, 5.74) is 2.65. The predicted molar refractivity (Wildman–Crippen MR) is 71.9 cm³/mol. The Morgan fingerprint density at radius 1 is 1.39 bits per heavy atom. The minimum absolute atomic E-state index is 0.0661. The van der Waals surface area contributed by atoms with Crippen LogP contribution >= 0.6 is 0 Å². The first kappa shape index (κ1) is 12.8. The number of para-hydroxylation sites is 1. The van der Waals surface area contributed by atoms with Gasteiger partial charge in [-0.3, -0.25) is 9.69 Å². The fourth-order valence-electron chi connectivity index (χ4n) is 2.21. The van der Waals surface area contributed by atoms with Crippen molar-refractivity contribution in [3.63, 3.8) is 0 Å². The number of rotatable bonds is 5. The van der Waals surface area contributed by atoms with Gasteiger partial charge in [0, 0.05) is 28.7 Å². The zero-order valence-electron chi connectivity index (χ0n) is 10.7. The summed E-state index contributed by atoms with van der Waals surface area (Å²) in [6.45, 7) is 2.81. The molecule has 2 aromatic rings. The molecule has 0 spiro atoms. The maximum absolute atomic E-state index is 12.3. The third-order valence-corrected chi connectivity index (χ3v) is 3.07. The SMILES string of the molecule is Cc1[nH]c2ccccc2c1C(=O)CN(C)CCO. The quantitative estimate of drug-likeness (QED) is 0.788. The van der Waals surface area contributed by atoms with Crippen molar-refractivity contribution in [2.75, 3.05) is 26.7 Å². The summed E-state index contributed by atoms with van der Waals surface area (Å²) in [7, 11) is 1.83. The van der Waals surface area contributed by atoms with Crippen molar-refractivity contribution in [2.24, 2.45) is 0 Å². The maximum atomic E-state index is 12.3. The number of aliphatic hydroxyl groups excluding tert-OH is 1. The van der Waals surface area contributed by atoms with Crippen molar-refractivity contribution in [2.45, 2.75) is 6.92 Å². The molecule has 1 heterocycles. The van der Waals surface area contributed by atoms with Gasteiger partial charge in [0.15, 0.2) is 5.78 Å². The summed E-state index contributed by atoms with van der Waals surface area (Å²) in [5, 5.41) is 9.82. The van der Waals surface area contributed by atoms with Gasteiger partial charge in [-0.1, -0.05) is 18.2 Å². The maximum Gasteiger partial charge on any atom is 0.179 e. The first-order chi connectivity index (χ1) is 8.63. The Kier molecular flexibility index (Phi) is 3.79. The molecule has 18 heavy (non-hydrogen) atoms. The zero-order chi connectivity index (χ0) is 13.1. The van der Waals surface area contributed by atoms with Gasteiger partial charge in [0.2, 0.25) is 0 Å². The molecule has 0 saturated heterocycles. The smallest absolute Gasteiger partial charge is 0.179 e. The van der Waals surface area contributed by atoms with Gasteiger partial charge in [0.1, 0.15) is 0 Å². The summed E-state index contributed by atoms with van der Waals surface area (Å²) >= 11 is 0. The second kappa shape index (κ2) is 5.33. The Hall–Kier alpha value is -1.65. The van der Waals surface area contributed by atoms with Crippen molar-refractivity contribution in [3.05, 3.63) is 35.5 Å². The third kappa shape index (κ3) is 2.44. The largest absolute Gasteiger partial charge is 0.395 e. The minimum atomic E-state index is 0.0661. The topological polar surface area (TPSA) is 56.3 Å². The third-order valence-electron chi connectivity index (χ3n) is 3.07. The highest BCUT2D eigenvalue weighted by Gasteiger charge is 2.16. The lowest BCUT2D eigenvalue weighted by Crippen LogP contribution is -2.28. The molecular weight excluding hydrogens is 228 g/mol. The first-order valence-electron chi connectivity index (χ1n) is 6.03. The lowest BCUT2D eigenvalue weighted by atomic mass is 10.1. The summed E-state index contributed by atoms with van der Waals surface area (Å²) in [4.78, 5) is 17.3. The van der Waals surface area contributed by atoms with Crippen LogP contribution in [-0.4, -0.2) is 47.5 Å². The Labute approximate surface area is 106 Å². The van der Waals surface area contributed by atoms with Gasteiger partial charge >= 0.3 is 0 Å². The van der Waals surface area contributed by atoms with Crippen molar-refractivity contribution in [1.82, 2.24) is 9.88 Å². The van der Waals surface area contributed by atoms with E-state index in [-0.39, 0.29) is 12.4 Å². The monoisotopic (exact) mass is 246 g/mol. The van der Waals surface area contributed by atoms with Crippen molar-refractivity contribution in [1.29, 1.82) is 0 Å². The van der Waals surface area contributed by atoms with Crippen molar-refractivity contribution < 1.29 is 9.90 Å². The number of nitrogens with zero attached hydrogens (tertiary/aromatic N) is 1. The molecule has 0 aliphatic carbocycles. The Morgan fingerprint density at radius 3 is 2.83 bits per heavy atom. The molecule has 2 N–H and O–H groups in total. The Balaban J connectivity index is 2.30. The Morgan fingerprint density at radius 2 is 2.11 bits per heavy atom. The number of H-pyrrole nitrogens is 1. The number of aromatic amines is 1. The molecule has 2 rings (SSSR count). The van der Waals surface area contributed by atoms with Gasteiger partial charge in [-0.25, -0.2) is 0 Å². The van der Waals surface area contributed by atoms with Crippen LogP contribution in [0.5, 0.6) is 0 Å². The number of carbonyl (C=O) groups excluding carboxylic acids is 1. The number of benzene rings is 1. The lowest BCUT2D eigenvalue weighted by molar-refractivity contribution is 0.0937. The molecule has 0 fully saturated rings. The number of hydrogen-bond donors (Lipinski definition) is 2. The minimum Gasteiger partial charge on any atom is -0.395 e. The number of aryl methyl sites for hydroxylation is 1. The zero-order valence-corrected chi connectivity index (χ0v) is 10.7. The molecule has 0 aliphatic heterocycles. The van der Waals surface area contributed by atoms with Crippen LogP contribution in [0.4, 0.5) is 0 Å². The number of ketones is 1. The van der Waals surface area contributed by atoms with Gasteiger partial charge in [0.05, 0.1) is 13.2 Å². The molecule has 1 aromatic carbocycles. The molecule has 0 radical (unpaired) electrons. The van der Waals surface area contributed by atoms with E-state index in [1.54, 1.807) is 0 Å². The van der Waals surface area contributed by atoms with Gasteiger partial charge in [-0.2, -0.15) is 0 Å². The van der Waals surface area contributed by atoms with Crippen LogP contribution in [0.15, 0.2) is 24.3 Å². The second-order valence-corrected chi connectivity index (χ2v) is 4.56. The number of likely N-dealkylation sites (N-methyl/N-ethyl adjacent to an activating group) is 1.